The van der Waals surface area contributed by atoms with Gasteiger partial charge in [0.2, 0.25) is 0 Å². The number of hydrogen-bond acceptors (Lipinski definition) is 2. The molecule has 5 aromatic carbocycles. The van der Waals surface area contributed by atoms with Crippen molar-refractivity contribution >= 4 is 65.6 Å². The Labute approximate surface area is 222 Å². The Bertz CT molecular complexity index is 2130. The largest absolute Gasteiger partial charge is 0.450 e. The van der Waals surface area contributed by atoms with Crippen LogP contribution >= 0.6 is 0 Å². The van der Waals surface area contributed by atoms with E-state index in [1.807, 2.05) is 6.20 Å². The van der Waals surface area contributed by atoms with Gasteiger partial charge in [0, 0.05) is 38.5 Å². The molecule has 0 aliphatic rings. The lowest BCUT2D eigenvalue weighted by molar-refractivity contribution is 0.661. The Morgan fingerprint density at radius 1 is 0.410 bits per heavy atom. The number of hydrogen-bond donors (Lipinski definition) is 0. The maximum Gasteiger partial charge on any atom is 0.181 e. The van der Waals surface area contributed by atoms with E-state index in [1.54, 1.807) is 0 Å². The van der Waals surface area contributed by atoms with E-state index in [0.717, 1.165) is 55.5 Å². The Kier molecular flexibility index (Phi) is 4.02. The summed E-state index contributed by atoms with van der Waals surface area (Å²) in [5.41, 5.74) is 7.21. The van der Waals surface area contributed by atoms with Crippen LogP contribution in [-0.2, 0) is 0 Å². The normalized spacial score (nSPS) is 12.1. The molecule has 0 aliphatic heterocycles. The third-order valence-electron chi connectivity index (χ3n) is 7.99. The van der Waals surface area contributed by atoms with Gasteiger partial charge < -0.3 is 8.98 Å². The first-order valence-electron chi connectivity index (χ1n) is 13.2. The van der Waals surface area contributed by atoms with Gasteiger partial charge in [-0.25, -0.2) is 4.98 Å². The predicted molar refractivity (Wildman–Crippen MR) is 160 cm³/mol. The Morgan fingerprint density at radius 2 is 0.872 bits per heavy atom. The number of para-hydroxylation sites is 5. The van der Waals surface area contributed by atoms with Crippen LogP contribution in [0.15, 0.2) is 132 Å². The van der Waals surface area contributed by atoms with Gasteiger partial charge in [-0.05, 0) is 36.4 Å². The van der Waals surface area contributed by atoms with Gasteiger partial charge in [0.1, 0.15) is 0 Å². The second kappa shape index (κ2) is 7.59. The molecule has 0 radical (unpaired) electrons. The second-order valence-electron chi connectivity index (χ2n) is 10.0. The average Bonchev–Trinajstić information content (AvgIpc) is 3.65. The van der Waals surface area contributed by atoms with Crippen molar-refractivity contribution in [1.29, 1.82) is 0 Å². The van der Waals surface area contributed by atoms with Crippen LogP contribution in [0.4, 0.5) is 0 Å². The van der Waals surface area contributed by atoms with E-state index in [0.29, 0.717) is 0 Å². The molecule has 4 aromatic heterocycles. The van der Waals surface area contributed by atoms with Crippen molar-refractivity contribution in [3.05, 3.63) is 128 Å². The van der Waals surface area contributed by atoms with E-state index in [1.165, 1.54) is 21.5 Å². The highest BCUT2D eigenvalue weighted by Gasteiger charge is 2.21. The van der Waals surface area contributed by atoms with Crippen LogP contribution in [-0.4, -0.2) is 14.1 Å². The van der Waals surface area contributed by atoms with Gasteiger partial charge in [0.15, 0.2) is 17.0 Å². The minimum Gasteiger partial charge on any atom is -0.450 e. The maximum absolute atomic E-state index is 6.85. The number of pyridine rings is 1. The minimum atomic E-state index is 0.784. The third-order valence-corrected chi connectivity index (χ3v) is 7.99. The molecular formula is C35H21N3O. The van der Waals surface area contributed by atoms with E-state index >= 15 is 0 Å². The first kappa shape index (κ1) is 20.7. The molecule has 182 valence electrons. The summed E-state index contributed by atoms with van der Waals surface area (Å²) in [6.45, 7) is 0. The van der Waals surface area contributed by atoms with Gasteiger partial charge in [0.25, 0.3) is 0 Å². The maximum atomic E-state index is 6.85. The number of nitrogens with zero attached hydrogens (tertiary/aromatic N) is 3. The van der Waals surface area contributed by atoms with Gasteiger partial charge in [-0.15, -0.1) is 0 Å². The monoisotopic (exact) mass is 499 g/mol. The Hall–Kier alpha value is -5.35. The van der Waals surface area contributed by atoms with Crippen molar-refractivity contribution in [1.82, 2.24) is 14.1 Å². The molecule has 4 heteroatoms. The zero-order valence-corrected chi connectivity index (χ0v) is 20.9. The molecular weight excluding hydrogens is 478 g/mol. The molecule has 39 heavy (non-hydrogen) atoms. The van der Waals surface area contributed by atoms with Crippen LogP contribution < -0.4 is 0 Å². The molecule has 0 aliphatic carbocycles. The molecule has 9 rings (SSSR count). The van der Waals surface area contributed by atoms with Crippen molar-refractivity contribution in [3.63, 3.8) is 0 Å². The smallest absolute Gasteiger partial charge is 0.181 e. The quantitative estimate of drug-likeness (QED) is 0.238. The topological polar surface area (TPSA) is 35.9 Å². The van der Waals surface area contributed by atoms with Gasteiger partial charge in [-0.3, -0.25) is 4.57 Å². The first-order chi connectivity index (χ1) is 19.4. The summed E-state index contributed by atoms with van der Waals surface area (Å²) in [5.74, 6) is 0.800. The van der Waals surface area contributed by atoms with E-state index in [4.69, 9.17) is 9.40 Å². The number of fused-ring (bicyclic) bond motifs is 9. The summed E-state index contributed by atoms with van der Waals surface area (Å²) in [6.07, 6.45) is 1.89. The fourth-order valence-electron chi connectivity index (χ4n) is 6.36. The predicted octanol–water partition coefficient (Wildman–Crippen LogP) is 9.18. The molecule has 9 aromatic rings. The average molecular weight is 500 g/mol. The summed E-state index contributed by atoms with van der Waals surface area (Å²) >= 11 is 0. The molecule has 0 bridgehead atoms. The Morgan fingerprint density at radius 3 is 1.44 bits per heavy atom. The first-order valence-corrected chi connectivity index (χ1v) is 13.2. The van der Waals surface area contributed by atoms with Gasteiger partial charge >= 0.3 is 0 Å². The van der Waals surface area contributed by atoms with Gasteiger partial charge in [-0.1, -0.05) is 84.9 Å². The van der Waals surface area contributed by atoms with Crippen LogP contribution in [0.2, 0.25) is 0 Å². The minimum absolute atomic E-state index is 0.784. The summed E-state index contributed by atoms with van der Waals surface area (Å²) in [5, 5.41) is 7.00. The number of rotatable bonds is 2. The van der Waals surface area contributed by atoms with Crippen LogP contribution in [0.25, 0.3) is 77.1 Å². The van der Waals surface area contributed by atoms with Gasteiger partial charge in [0.05, 0.1) is 27.8 Å². The van der Waals surface area contributed by atoms with E-state index in [9.17, 15) is 0 Å². The second-order valence-corrected chi connectivity index (χ2v) is 10.0. The molecule has 4 nitrogen and oxygen atoms in total. The molecule has 4 heterocycles. The SMILES string of the molecule is c1cc(-n2c3ccccc3c3ccccc32)c2oc3c(-n4c5ccccc5c5ccccc54)nccc3c2c1. The van der Waals surface area contributed by atoms with Crippen molar-refractivity contribution in [3.8, 4) is 11.5 Å². The molecule has 0 amide bonds. The van der Waals surface area contributed by atoms with Crippen LogP contribution in [0.3, 0.4) is 0 Å². The summed E-state index contributed by atoms with van der Waals surface area (Å²) in [7, 11) is 0. The lowest BCUT2D eigenvalue weighted by Crippen LogP contribution is -1.97. The fourth-order valence-corrected chi connectivity index (χ4v) is 6.36. The van der Waals surface area contributed by atoms with Gasteiger partial charge in [-0.2, -0.15) is 0 Å². The summed E-state index contributed by atoms with van der Waals surface area (Å²) < 4.78 is 11.4. The van der Waals surface area contributed by atoms with Crippen molar-refractivity contribution in [2.75, 3.05) is 0 Å². The number of furan rings is 1. The molecule has 0 fully saturated rings. The van der Waals surface area contributed by atoms with Crippen molar-refractivity contribution in [2.45, 2.75) is 0 Å². The highest BCUT2D eigenvalue weighted by molar-refractivity contribution is 6.15. The standard InChI is InChI=1S/C35H21N3O/c1-5-15-28-22(10-1)23-11-2-6-16-29(23)37(28)32-19-9-14-26-27-20-21-36-35(34(27)39-33(26)32)38-30-17-7-3-12-24(30)25-13-4-8-18-31(25)38/h1-21H. The molecule has 0 saturated heterocycles. The van der Waals surface area contributed by atoms with E-state index < -0.39 is 0 Å². The molecule has 0 N–H and O–H groups in total. The van der Waals surface area contributed by atoms with Crippen LogP contribution in [0.5, 0.6) is 0 Å². The van der Waals surface area contributed by atoms with Crippen LogP contribution in [0, 0.1) is 0 Å². The summed E-state index contributed by atoms with van der Waals surface area (Å²) in [4.78, 5) is 4.90. The van der Waals surface area contributed by atoms with E-state index in [2.05, 4.69) is 130 Å². The van der Waals surface area contributed by atoms with Crippen molar-refractivity contribution in [2.24, 2.45) is 0 Å². The third kappa shape index (κ3) is 2.70. The Balaban J connectivity index is 1.41. The fraction of sp³-hybridized carbons (Fsp3) is 0. The highest BCUT2D eigenvalue weighted by Crippen LogP contribution is 2.40. The van der Waals surface area contributed by atoms with E-state index in [-0.39, 0.29) is 0 Å². The highest BCUT2D eigenvalue weighted by atomic mass is 16.3. The lowest BCUT2D eigenvalue weighted by Gasteiger charge is -2.08. The van der Waals surface area contributed by atoms with Crippen LogP contribution in [0.1, 0.15) is 0 Å². The molecule has 0 unspecified atom stereocenters. The zero-order valence-electron chi connectivity index (χ0n) is 20.9. The van der Waals surface area contributed by atoms with Crippen molar-refractivity contribution < 1.29 is 4.42 Å². The number of benzene rings is 5. The molecule has 0 atom stereocenters. The molecule has 0 saturated carbocycles. The zero-order chi connectivity index (χ0) is 25.5. The lowest BCUT2D eigenvalue weighted by atomic mass is 10.1. The molecule has 0 spiro atoms. The number of aromatic nitrogens is 3. The summed E-state index contributed by atoms with van der Waals surface area (Å²) in [6, 6.07) is 42.6.